The van der Waals surface area contributed by atoms with Crippen LogP contribution < -0.4 is 24.8 Å². The Morgan fingerprint density at radius 1 is 1.21 bits per heavy atom. The van der Waals surface area contributed by atoms with Gasteiger partial charge in [0.25, 0.3) is 11.8 Å². The number of H-pyrrole nitrogens is 1. The third-order valence-corrected chi connectivity index (χ3v) is 7.74. The molecule has 2 aliphatic heterocycles. The van der Waals surface area contributed by atoms with Crippen molar-refractivity contribution >= 4 is 34.2 Å². The fourth-order valence-corrected chi connectivity index (χ4v) is 5.60. The molecule has 0 aliphatic carbocycles. The van der Waals surface area contributed by atoms with Crippen LogP contribution in [0.2, 0.25) is 0 Å². The molecular formula is C31H31FN6O5. The fraction of sp³-hybridized carbons (Fsp3) is 0.290. The van der Waals surface area contributed by atoms with Gasteiger partial charge in [0.1, 0.15) is 11.6 Å². The predicted octanol–water partition coefficient (Wildman–Crippen LogP) is 4.37. The van der Waals surface area contributed by atoms with Crippen molar-refractivity contribution in [3.63, 3.8) is 0 Å². The van der Waals surface area contributed by atoms with E-state index in [4.69, 9.17) is 19.2 Å². The first kappa shape index (κ1) is 28.0. The summed E-state index contributed by atoms with van der Waals surface area (Å²) >= 11 is 0. The molecule has 6 rings (SSSR count). The number of nitrogens with zero attached hydrogens (tertiary/aromatic N) is 3. The van der Waals surface area contributed by atoms with Crippen molar-refractivity contribution in [3.05, 3.63) is 66.3 Å². The van der Waals surface area contributed by atoms with Crippen LogP contribution in [0.1, 0.15) is 28.9 Å². The van der Waals surface area contributed by atoms with Crippen LogP contribution in [0.4, 0.5) is 15.8 Å². The van der Waals surface area contributed by atoms with Gasteiger partial charge in [-0.15, -0.1) is 0 Å². The van der Waals surface area contributed by atoms with Crippen LogP contribution in [0.3, 0.4) is 0 Å². The van der Waals surface area contributed by atoms with Crippen molar-refractivity contribution < 1.29 is 28.2 Å². The highest BCUT2D eigenvalue weighted by atomic mass is 19.1. The molecule has 2 amide bonds. The Morgan fingerprint density at radius 2 is 2.02 bits per heavy atom. The molecule has 0 radical (unpaired) electrons. The topological polar surface area (TPSA) is 131 Å². The van der Waals surface area contributed by atoms with E-state index in [0.717, 1.165) is 5.69 Å². The van der Waals surface area contributed by atoms with Crippen LogP contribution in [0.15, 0.2) is 49.2 Å². The number of nitrogens with one attached hydrogen (secondary N) is 3. The number of ether oxygens (including phenoxy) is 3. The number of anilines is 2. The molecule has 1 fully saturated rings. The van der Waals surface area contributed by atoms with Crippen molar-refractivity contribution in [1.29, 1.82) is 0 Å². The Bertz CT molecular complexity index is 1730. The van der Waals surface area contributed by atoms with Gasteiger partial charge in [-0.1, -0.05) is 12.6 Å². The van der Waals surface area contributed by atoms with Crippen LogP contribution in [0.5, 0.6) is 17.4 Å². The van der Waals surface area contributed by atoms with E-state index in [0.29, 0.717) is 89.8 Å². The van der Waals surface area contributed by atoms with Gasteiger partial charge in [-0.3, -0.25) is 14.6 Å². The summed E-state index contributed by atoms with van der Waals surface area (Å²) in [4.78, 5) is 39.7. The first-order chi connectivity index (χ1) is 20.9. The maximum absolute atomic E-state index is 14.6. The number of pyridine rings is 2. The van der Waals surface area contributed by atoms with Crippen molar-refractivity contribution in [3.8, 4) is 28.6 Å². The molecular weight excluding hydrogens is 555 g/mol. The molecule has 1 aromatic carbocycles. The van der Waals surface area contributed by atoms with Gasteiger partial charge in [-0.2, -0.15) is 0 Å². The zero-order valence-electron chi connectivity index (χ0n) is 23.8. The average Bonchev–Trinajstić information content (AvgIpc) is 3.39. The lowest BCUT2D eigenvalue weighted by molar-refractivity contribution is -0.127. The molecule has 12 heteroatoms. The molecule has 0 spiro atoms. The number of halogens is 1. The fourth-order valence-electron chi connectivity index (χ4n) is 5.60. The van der Waals surface area contributed by atoms with E-state index in [1.165, 1.54) is 26.4 Å². The van der Waals surface area contributed by atoms with Crippen molar-refractivity contribution in [2.45, 2.75) is 25.4 Å². The molecule has 43 heavy (non-hydrogen) atoms. The number of piperidine rings is 1. The molecule has 222 valence electrons. The van der Waals surface area contributed by atoms with Gasteiger partial charge in [0, 0.05) is 62.4 Å². The number of hydrogen-bond donors (Lipinski definition) is 3. The lowest BCUT2D eigenvalue weighted by Gasteiger charge is -2.31. The quantitative estimate of drug-likeness (QED) is 0.260. The summed E-state index contributed by atoms with van der Waals surface area (Å²) in [6.45, 7) is 5.15. The van der Waals surface area contributed by atoms with Crippen LogP contribution in [0.25, 0.3) is 22.3 Å². The molecule has 5 heterocycles. The summed E-state index contributed by atoms with van der Waals surface area (Å²) in [7, 11) is 2.93. The van der Waals surface area contributed by atoms with Gasteiger partial charge < -0.3 is 34.7 Å². The van der Waals surface area contributed by atoms with E-state index in [2.05, 4.69) is 27.2 Å². The summed E-state index contributed by atoms with van der Waals surface area (Å²) in [6, 6.07) is 8.11. The number of methoxy groups -OCH3 is 2. The monoisotopic (exact) mass is 586 g/mol. The van der Waals surface area contributed by atoms with Crippen molar-refractivity contribution in [2.75, 3.05) is 39.2 Å². The van der Waals surface area contributed by atoms with Gasteiger partial charge in [0.05, 0.1) is 42.4 Å². The molecule has 2 aliphatic rings. The lowest BCUT2D eigenvalue weighted by Crippen LogP contribution is -2.41. The third-order valence-electron chi connectivity index (χ3n) is 7.74. The molecule has 3 N–H and O–H groups in total. The Hall–Kier alpha value is -5.13. The highest BCUT2D eigenvalue weighted by molar-refractivity contribution is 6.08. The molecule has 0 saturated carbocycles. The summed E-state index contributed by atoms with van der Waals surface area (Å²) in [6.07, 6.45) is 4.64. The molecule has 0 unspecified atom stereocenters. The first-order valence-corrected chi connectivity index (χ1v) is 14.0. The number of aromatic nitrogens is 3. The number of carbonyl (C=O) groups excluding carboxylic acids is 2. The minimum Gasteiger partial charge on any atom is -0.492 e. The Kier molecular flexibility index (Phi) is 7.58. The highest BCUT2D eigenvalue weighted by Gasteiger charge is 2.30. The van der Waals surface area contributed by atoms with Crippen LogP contribution in [-0.2, 0) is 11.2 Å². The summed E-state index contributed by atoms with van der Waals surface area (Å²) in [5.41, 5.74) is 4.32. The van der Waals surface area contributed by atoms with E-state index >= 15 is 0 Å². The number of amides is 2. The third kappa shape index (κ3) is 5.20. The molecule has 4 aromatic rings. The van der Waals surface area contributed by atoms with Crippen molar-refractivity contribution in [1.82, 2.24) is 25.2 Å². The number of benzene rings is 1. The summed E-state index contributed by atoms with van der Waals surface area (Å²) < 4.78 is 31.9. The van der Waals surface area contributed by atoms with E-state index in [-0.39, 0.29) is 23.7 Å². The number of rotatable bonds is 8. The molecule has 11 nitrogen and oxygen atoms in total. The normalized spacial score (nSPS) is 15.0. The molecule has 1 saturated heterocycles. The van der Waals surface area contributed by atoms with Gasteiger partial charge in [-0.25, -0.2) is 9.37 Å². The second-order valence-electron chi connectivity index (χ2n) is 10.2. The van der Waals surface area contributed by atoms with Gasteiger partial charge in [0.2, 0.25) is 5.91 Å². The van der Waals surface area contributed by atoms with Crippen LogP contribution in [-0.4, -0.2) is 71.6 Å². The maximum Gasteiger partial charge on any atom is 0.258 e. The van der Waals surface area contributed by atoms with Gasteiger partial charge >= 0.3 is 0 Å². The molecule has 0 bridgehead atoms. The number of hydrogen-bond acceptors (Lipinski definition) is 8. The van der Waals surface area contributed by atoms with Crippen LogP contribution >= 0.6 is 0 Å². The number of carbonyl (C=O) groups is 2. The summed E-state index contributed by atoms with van der Waals surface area (Å²) in [5.74, 6) is -0.132. The van der Waals surface area contributed by atoms with E-state index in [9.17, 15) is 14.0 Å². The zero-order valence-corrected chi connectivity index (χ0v) is 23.8. The van der Waals surface area contributed by atoms with Gasteiger partial charge in [-0.05, 0) is 24.3 Å². The van der Waals surface area contributed by atoms with Gasteiger partial charge in [0.15, 0.2) is 17.3 Å². The standard InChI is InChI=1S/C31H31FN6O5/c1-4-24(39)38-14-10-17(11-15-38)43-31-23(41-2)16-22-26(37-31)18(8-12-33-22)27-28(25-20(35-27)9-13-34-30(25)40)36-21-7-5-6-19(32)29(21)42-3/h4-8,12,16-17,35-36H,1,9-11,13-15H2,2-3H3,(H,34,40). The van der Waals surface area contributed by atoms with E-state index < -0.39 is 5.82 Å². The summed E-state index contributed by atoms with van der Waals surface area (Å²) in [5, 5.41) is 6.15. The van der Waals surface area contributed by atoms with Crippen molar-refractivity contribution in [2.24, 2.45) is 0 Å². The largest absolute Gasteiger partial charge is 0.492 e. The molecule has 0 atom stereocenters. The Morgan fingerprint density at radius 3 is 2.77 bits per heavy atom. The maximum atomic E-state index is 14.6. The second-order valence-corrected chi connectivity index (χ2v) is 10.2. The zero-order chi connectivity index (χ0) is 30.1. The Labute approximate surface area is 247 Å². The Balaban J connectivity index is 1.43. The second kappa shape index (κ2) is 11.6. The first-order valence-electron chi connectivity index (χ1n) is 14.0. The predicted molar refractivity (Wildman–Crippen MR) is 159 cm³/mol. The smallest absolute Gasteiger partial charge is 0.258 e. The van der Waals surface area contributed by atoms with E-state index in [1.807, 2.05) is 0 Å². The molecule has 3 aromatic heterocycles. The highest BCUT2D eigenvalue weighted by Crippen LogP contribution is 2.42. The number of para-hydroxylation sites is 1. The lowest BCUT2D eigenvalue weighted by atomic mass is 10.0. The van der Waals surface area contributed by atoms with Crippen LogP contribution in [0, 0.1) is 5.82 Å². The average molecular weight is 587 g/mol. The number of likely N-dealkylation sites (tertiary alicyclic amines) is 1. The minimum absolute atomic E-state index is 0.0265. The number of fused-ring (bicyclic) bond motifs is 2. The SMILES string of the molecule is C=CC(=O)N1CCC(Oc2nc3c(-c4[nH]c5c(c4Nc4cccc(F)c4OC)C(=O)NCC5)ccnc3cc2OC)CC1. The number of aromatic amines is 1. The van der Waals surface area contributed by atoms with E-state index in [1.54, 1.807) is 35.4 Å². The minimum atomic E-state index is -0.535.